The van der Waals surface area contributed by atoms with Crippen LogP contribution in [-0.4, -0.2) is 40.2 Å². The Morgan fingerprint density at radius 3 is 2.05 bits per heavy atom. The van der Waals surface area contributed by atoms with Crippen LogP contribution in [0, 0.1) is 0 Å². The van der Waals surface area contributed by atoms with Gasteiger partial charge in [0.15, 0.2) is 0 Å². The van der Waals surface area contributed by atoms with Crippen molar-refractivity contribution in [2.75, 3.05) is 7.05 Å². The van der Waals surface area contributed by atoms with Gasteiger partial charge in [0, 0.05) is 23.9 Å². The minimum Gasteiger partial charge on any atom is -0.490 e. The summed E-state index contributed by atoms with van der Waals surface area (Å²) < 4.78 is 6.09. The first-order chi connectivity index (χ1) is 9.62. The summed E-state index contributed by atoms with van der Waals surface area (Å²) in [5.41, 5.74) is 0.437. The lowest BCUT2D eigenvalue weighted by atomic mass is 9.79. The summed E-state index contributed by atoms with van der Waals surface area (Å²) in [6.07, 6.45) is 2.04. The number of hydrogen-bond donors (Lipinski definition) is 1. The number of piperidine rings is 1. The van der Waals surface area contributed by atoms with Crippen LogP contribution in [0.4, 0.5) is 0 Å². The Morgan fingerprint density at radius 2 is 1.62 bits per heavy atom. The van der Waals surface area contributed by atoms with Crippen LogP contribution in [0.3, 0.4) is 0 Å². The first-order valence-corrected chi connectivity index (χ1v) is 7.36. The summed E-state index contributed by atoms with van der Waals surface area (Å²) in [5.74, 6) is -0.177. The van der Waals surface area contributed by atoms with Gasteiger partial charge >= 0.3 is 5.97 Å². The number of carboxylic acids is 1. The van der Waals surface area contributed by atoms with E-state index in [4.69, 9.17) is 9.84 Å². The lowest BCUT2D eigenvalue weighted by Crippen LogP contribution is -2.60. The van der Waals surface area contributed by atoms with E-state index < -0.39 is 5.97 Å². The van der Waals surface area contributed by atoms with Crippen molar-refractivity contribution in [2.45, 2.75) is 57.7 Å². The van der Waals surface area contributed by atoms with Crippen LogP contribution in [0.2, 0.25) is 0 Å². The highest BCUT2D eigenvalue weighted by Gasteiger charge is 2.43. The number of aromatic carboxylic acids is 1. The fraction of sp³-hybridized carbons (Fsp3) is 0.588. The lowest BCUT2D eigenvalue weighted by Gasteiger charge is -2.53. The summed E-state index contributed by atoms with van der Waals surface area (Å²) in [4.78, 5) is 13.3. The summed E-state index contributed by atoms with van der Waals surface area (Å²) >= 11 is 0. The van der Waals surface area contributed by atoms with Gasteiger partial charge in [0.1, 0.15) is 11.9 Å². The Labute approximate surface area is 126 Å². The van der Waals surface area contributed by atoms with Gasteiger partial charge < -0.3 is 9.84 Å². The van der Waals surface area contributed by atoms with Crippen molar-refractivity contribution in [3.05, 3.63) is 29.8 Å². The Hall–Kier alpha value is -1.55. The van der Waals surface area contributed by atoms with Gasteiger partial charge in [-0.05, 0) is 59.0 Å². The van der Waals surface area contributed by atoms with E-state index >= 15 is 0 Å². The summed E-state index contributed by atoms with van der Waals surface area (Å²) in [7, 11) is 2.16. The molecule has 0 atom stereocenters. The van der Waals surface area contributed by atoms with Gasteiger partial charge in [0.25, 0.3) is 0 Å². The molecule has 1 aromatic carbocycles. The molecule has 1 N–H and O–H groups in total. The second-order valence-corrected chi connectivity index (χ2v) is 7.16. The van der Waals surface area contributed by atoms with Gasteiger partial charge in [-0.15, -0.1) is 0 Å². The molecule has 0 spiro atoms. The minimum absolute atomic E-state index is 0.0768. The molecule has 0 radical (unpaired) electrons. The molecule has 1 aliphatic rings. The second-order valence-electron chi connectivity index (χ2n) is 7.16. The predicted octanol–water partition coefficient (Wildman–Crippen LogP) is 3.42. The zero-order chi connectivity index (χ0) is 15.8. The summed E-state index contributed by atoms with van der Waals surface area (Å²) in [6.45, 7) is 8.94. The van der Waals surface area contributed by atoms with Crippen molar-refractivity contribution < 1.29 is 14.6 Å². The average molecular weight is 291 g/mol. The third kappa shape index (κ3) is 3.38. The normalized spacial score (nSPS) is 22.0. The lowest BCUT2D eigenvalue weighted by molar-refractivity contribution is -0.0556. The van der Waals surface area contributed by atoms with E-state index in [1.165, 1.54) is 0 Å². The number of nitrogens with zero attached hydrogens (tertiary/aromatic N) is 1. The monoisotopic (exact) mass is 291 g/mol. The third-order valence-corrected chi connectivity index (χ3v) is 4.67. The molecule has 0 aliphatic carbocycles. The Morgan fingerprint density at radius 1 is 1.14 bits per heavy atom. The first-order valence-electron chi connectivity index (χ1n) is 7.36. The van der Waals surface area contributed by atoms with Crippen LogP contribution in [0.15, 0.2) is 24.3 Å². The van der Waals surface area contributed by atoms with Crippen molar-refractivity contribution in [1.82, 2.24) is 4.90 Å². The van der Waals surface area contributed by atoms with Gasteiger partial charge in [-0.25, -0.2) is 4.79 Å². The number of benzene rings is 1. The number of carboxylic acid groups (broad SMARTS) is 1. The Kier molecular flexibility index (Phi) is 4.02. The van der Waals surface area contributed by atoms with Crippen molar-refractivity contribution >= 4 is 5.97 Å². The number of likely N-dealkylation sites (tertiary alicyclic amines) is 1. The van der Waals surface area contributed by atoms with Crippen LogP contribution >= 0.6 is 0 Å². The van der Waals surface area contributed by atoms with Gasteiger partial charge in [-0.2, -0.15) is 0 Å². The van der Waals surface area contributed by atoms with Crippen LogP contribution in [0.25, 0.3) is 0 Å². The number of carbonyl (C=O) groups is 1. The summed E-state index contributed by atoms with van der Waals surface area (Å²) in [5, 5.41) is 8.92. The molecule has 0 bridgehead atoms. The molecule has 4 heteroatoms. The van der Waals surface area contributed by atoms with Crippen molar-refractivity contribution in [3.63, 3.8) is 0 Å². The highest BCUT2D eigenvalue weighted by molar-refractivity contribution is 5.87. The quantitative estimate of drug-likeness (QED) is 0.927. The van der Waals surface area contributed by atoms with Crippen molar-refractivity contribution in [2.24, 2.45) is 0 Å². The van der Waals surface area contributed by atoms with E-state index in [2.05, 4.69) is 39.6 Å². The molecular weight excluding hydrogens is 266 g/mol. The molecule has 0 unspecified atom stereocenters. The number of hydrogen-bond acceptors (Lipinski definition) is 3. The van der Waals surface area contributed by atoms with E-state index in [9.17, 15) is 4.79 Å². The van der Waals surface area contributed by atoms with E-state index in [0.717, 1.165) is 18.6 Å². The van der Waals surface area contributed by atoms with Crippen molar-refractivity contribution in [1.29, 1.82) is 0 Å². The zero-order valence-corrected chi connectivity index (χ0v) is 13.5. The zero-order valence-electron chi connectivity index (χ0n) is 13.5. The van der Waals surface area contributed by atoms with Gasteiger partial charge in [0.05, 0.1) is 5.56 Å². The molecule has 4 nitrogen and oxygen atoms in total. The predicted molar refractivity (Wildman–Crippen MR) is 83.0 cm³/mol. The molecule has 21 heavy (non-hydrogen) atoms. The molecule has 1 fully saturated rings. The molecule has 0 saturated carbocycles. The second kappa shape index (κ2) is 5.34. The smallest absolute Gasteiger partial charge is 0.335 e. The molecule has 0 aromatic heterocycles. The molecule has 2 rings (SSSR count). The Bertz CT molecular complexity index is 501. The maximum atomic E-state index is 10.9. The highest BCUT2D eigenvalue weighted by atomic mass is 16.5. The first kappa shape index (κ1) is 15.8. The molecular formula is C17H25NO3. The summed E-state index contributed by atoms with van der Waals surface area (Å²) in [6, 6.07) is 6.65. The minimum atomic E-state index is -0.914. The molecule has 1 saturated heterocycles. The Balaban J connectivity index is 2.11. The molecule has 116 valence electrons. The van der Waals surface area contributed by atoms with Crippen LogP contribution < -0.4 is 4.74 Å². The van der Waals surface area contributed by atoms with Crippen molar-refractivity contribution in [3.8, 4) is 5.75 Å². The van der Waals surface area contributed by atoms with Crippen LogP contribution in [-0.2, 0) is 0 Å². The van der Waals surface area contributed by atoms with Gasteiger partial charge in [-0.1, -0.05) is 0 Å². The fourth-order valence-electron chi connectivity index (χ4n) is 3.23. The number of ether oxygens (including phenoxy) is 1. The molecule has 1 heterocycles. The largest absolute Gasteiger partial charge is 0.490 e. The maximum Gasteiger partial charge on any atom is 0.335 e. The fourth-order valence-corrected chi connectivity index (χ4v) is 3.23. The van der Waals surface area contributed by atoms with E-state index in [0.29, 0.717) is 0 Å². The molecule has 0 amide bonds. The van der Waals surface area contributed by atoms with Crippen LogP contribution in [0.1, 0.15) is 50.9 Å². The van der Waals surface area contributed by atoms with E-state index in [1.807, 2.05) is 0 Å². The topological polar surface area (TPSA) is 49.8 Å². The molecule has 1 aliphatic heterocycles. The SMILES string of the molecule is CN1C(C)(C)CC(Oc2ccc(C(=O)O)cc2)CC1(C)C. The third-order valence-electron chi connectivity index (χ3n) is 4.67. The standard InChI is InChI=1S/C17H25NO3/c1-16(2)10-14(11-17(3,4)18(16)5)21-13-8-6-12(7-9-13)15(19)20/h6-9,14H,10-11H2,1-5H3,(H,19,20). The average Bonchev–Trinajstić information content (AvgIpc) is 2.36. The number of rotatable bonds is 3. The van der Waals surface area contributed by atoms with E-state index in [1.54, 1.807) is 24.3 Å². The van der Waals surface area contributed by atoms with E-state index in [-0.39, 0.29) is 22.7 Å². The van der Waals surface area contributed by atoms with Crippen LogP contribution in [0.5, 0.6) is 5.75 Å². The molecule has 1 aromatic rings. The van der Waals surface area contributed by atoms with Gasteiger partial charge in [-0.3, -0.25) is 4.90 Å². The van der Waals surface area contributed by atoms with Gasteiger partial charge in [0.2, 0.25) is 0 Å². The maximum absolute atomic E-state index is 10.9. The highest BCUT2D eigenvalue weighted by Crippen LogP contribution is 2.38.